The molecule has 0 amide bonds. The first kappa shape index (κ1) is 10.7. The molecule has 0 spiro atoms. The van der Waals surface area contributed by atoms with Gasteiger partial charge in [0.2, 0.25) is 0 Å². The van der Waals surface area contributed by atoms with E-state index < -0.39 is 21.2 Å². The molecule has 0 aromatic carbocycles. The summed E-state index contributed by atoms with van der Waals surface area (Å²) in [7, 11) is -3.13. The van der Waals surface area contributed by atoms with E-state index in [9.17, 15) is 13.5 Å². The average Bonchev–Trinajstić information content (AvgIpc) is 2.51. The van der Waals surface area contributed by atoms with E-state index in [1.807, 2.05) is 6.08 Å². The zero-order valence-corrected chi connectivity index (χ0v) is 8.84. The van der Waals surface area contributed by atoms with Gasteiger partial charge in [-0.05, 0) is 31.8 Å². The molecular weight excluding hydrogens is 188 g/mol. The second-order valence-corrected chi connectivity index (χ2v) is 6.05. The van der Waals surface area contributed by atoms with E-state index >= 15 is 0 Å². The molecule has 3 nitrogen and oxygen atoms in total. The highest BCUT2D eigenvalue weighted by Gasteiger charge is 2.27. The van der Waals surface area contributed by atoms with Gasteiger partial charge in [-0.1, -0.05) is 6.08 Å². The van der Waals surface area contributed by atoms with Crippen LogP contribution in [0.2, 0.25) is 0 Å². The van der Waals surface area contributed by atoms with Gasteiger partial charge >= 0.3 is 0 Å². The number of sulfone groups is 1. The van der Waals surface area contributed by atoms with Crippen LogP contribution < -0.4 is 0 Å². The Morgan fingerprint density at radius 1 is 1.54 bits per heavy atom. The van der Waals surface area contributed by atoms with Crippen molar-refractivity contribution < 1.29 is 13.5 Å². The molecule has 0 bridgehead atoms. The summed E-state index contributed by atoms with van der Waals surface area (Å²) >= 11 is 0. The van der Waals surface area contributed by atoms with Crippen molar-refractivity contribution >= 4 is 9.84 Å². The Balaban J connectivity index is 2.72. The van der Waals surface area contributed by atoms with Gasteiger partial charge in [0.25, 0.3) is 0 Å². The first-order valence-corrected chi connectivity index (χ1v) is 6.44. The quantitative estimate of drug-likeness (QED) is 0.695. The maximum absolute atomic E-state index is 11.1. The minimum absolute atomic E-state index is 0.683. The van der Waals surface area contributed by atoms with E-state index in [0.717, 1.165) is 31.1 Å². The van der Waals surface area contributed by atoms with Crippen molar-refractivity contribution in [3.8, 4) is 0 Å². The van der Waals surface area contributed by atoms with Crippen LogP contribution in [0.1, 0.15) is 26.2 Å². The number of aliphatic hydroxyl groups excluding tert-OH is 1. The van der Waals surface area contributed by atoms with Crippen molar-refractivity contribution in [1.29, 1.82) is 0 Å². The lowest BCUT2D eigenvalue weighted by Gasteiger charge is -2.18. The third-order valence-corrected chi connectivity index (χ3v) is 4.18. The van der Waals surface area contributed by atoms with Crippen LogP contribution in [0.15, 0.2) is 11.6 Å². The van der Waals surface area contributed by atoms with Gasteiger partial charge in [0, 0.05) is 6.26 Å². The number of aliphatic hydroxyl groups is 1. The lowest BCUT2D eigenvalue weighted by atomic mass is 10.1. The molecule has 1 aliphatic rings. The molecular formula is C9H16O3S. The molecule has 0 aromatic heterocycles. The average molecular weight is 204 g/mol. The van der Waals surface area contributed by atoms with E-state index in [0.29, 0.717) is 0 Å². The van der Waals surface area contributed by atoms with Crippen molar-refractivity contribution in [2.45, 2.75) is 37.5 Å². The van der Waals surface area contributed by atoms with Gasteiger partial charge in [-0.2, -0.15) is 0 Å². The fraction of sp³-hybridized carbons (Fsp3) is 0.778. The van der Waals surface area contributed by atoms with E-state index in [4.69, 9.17) is 0 Å². The largest absolute Gasteiger partial charge is 0.387 e. The van der Waals surface area contributed by atoms with Crippen LogP contribution >= 0.6 is 0 Å². The summed E-state index contributed by atoms with van der Waals surface area (Å²) in [5.41, 5.74) is 0.887. The molecule has 1 N–H and O–H groups in total. The SMILES string of the molecule is CC(C(O)C1=CCCC1)S(C)(=O)=O. The van der Waals surface area contributed by atoms with Gasteiger partial charge in [0.05, 0.1) is 11.4 Å². The second kappa shape index (κ2) is 3.80. The minimum Gasteiger partial charge on any atom is -0.387 e. The molecule has 76 valence electrons. The highest BCUT2D eigenvalue weighted by molar-refractivity contribution is 7.91. The third-order valence-electron chi connectivity index (χ3n) is 2.58. The molecule has 4 heteroatoms. The van der Waals surface area contributed by atoms with E-state index in [2.05, 4.69) is 0 Å². The van der Waals surface area contributed by atoms with Gasteiger partial charge < -0.3 is 5.11 Å². The van der Waals surface area contributed by atoms with Crippen molar-refractivity contribution in [1.82, 2.24) is 0 Å². The fourth-order valence-corrected chi connectivity index (χ4v) is 2.14. The number of rotatable bonds is 3. The monoisotopic (exact) mass is 204 g/mol. The summed E-state index contributed by atoms with van der Waals surface area (Å²) in [6.07, 6.45) is 5.13. The molecule has 2 atom stereocenters. The van der Waals surface area contributed by atoms with Crippen molar-refractivity contribution in [3.05, 3.63) is 11.6 Å². The van der Waals surface area contributed by atoms with Crippen LogP contribution in [0.3, 0.4) is 0 Å². The van der Waals surface area contributed by atoms with Gasteiger partial charge in [-0.25, -0.2) is 8.42 Å². The summed E-state index contributed by atoms with van der Waals surface area (Å²) in [5, 5.41) is 9.02. The fourth-order valence-electron chi connectivity index (χ4n) is 1.50. The van der Waals surface area contributed by atoms with E-state index in [-0.39, 0.29) is 0 Å². The summed E-state index contributed by atoms with van der Waals surface area (Å²) in [6.45, 7) is 1.55. The number of allylic oxidation sites excluding steroid dienone is 1. The van der Waals surface area contributed by atoms with Crippen LogP contribution in [-0.2, 0) is 9.84 Å². The molecule has 0 heterocycles. The molecule has 1 rings (SSSR count). The Kier molecular flexibility index (Phi) is 3.14. The smallest absolute Gasteiger partial charge is 0.152 e. The molecule has 2 unspecified atom stereocenters. The zero-order valence-electron chi connectivity index (χ0n) is 8.03. The lowest BCUT2D eigenvalue weighted by Crippen LogP contribution is -2.31. The molecule has 13 heavy (non-hydrogen) atoms. The Bertz CT molecular complexity index is 303. The Labute approximate surface area is 79.4 Å². The third kappa shape index (κ3) is 2.54. The molecule has 0 aromatic rings. The summed E-state index contributed by atoms with van der Waals surface area (Å²) in [6, 6.07) is 0. The zero-order chi connectivity index (χ0) is 10.1. The van der Waals surface area contributed by atoms with Crippen molar-refractivity contribution in [3.63, 3.8) is 0 Å². The first-order valence-electron chi connectivity index (χ1n) is 4.49. The molecule has 1 aliphatic carbocycles. The van der Waals surface area contributed by atoms with E-state index in [1.165, 1.54) is 0 Å². The summed E-state index contributed by atoms with van der Waals surface area (Å²) in [5.74, 6) is 0. The predicted octanol–water partition coefficient (Wildman–Crippen LogP) is 0.891. The standard InChI is InChI=1S/C9H16O3S/c1-7(13(2,11)12)9(10)8-5-3-4-6-8/h5,7,9-10H,3-4,6H2,1-2H3. The number of hydrogen-bond donors (Lipinski definition) is 1. The Morgan fingerprint density at radius 3 is 2.54 bits per heavy atom. The molecule has 0 saturated carbocycles. The van der Waals surface area contributed by atoms with Gasteiger partial charge in [-0.3, -0.25) is 0 Å². The Morgan fingerprint density at radius 2 is 2.15 bits per heavy atom. The van der Waals surface area contributed by atoms with Gasteiger partial charge in [-0.15, -0.1) is 0 Å². The van der Waals surface area contributed by atoms with Crippen LogP contribution in [0.25, 0.3) is 0 Å². The highest BCUT2D eigenvalue weighted by Crippen LogP contribution is 2.24. The maximum Gasteiger partial charge on any atom is 0.152 e. The molecule has 0 fully saturated rings. The molecule has 0 aliphatic heterocycles. The molecule has 0 saturated heterocycles. The normalized spacial score (nSPS) is 22.5. The van der Waals surface area contributed by atoms with Gasteiger partial charge in [0.1, 0.15) is 0 Å². The topological polar surface area (TPSA) is 54.4 Å². The Hall–Kier alpha value is -0.350. The maximum atomic E-state index is 11.1. The predicted molar refractivity (Wildman–Crippen MR) is 52.2 cm³/mol. The summed E-state index contributed by atoms with van der Waals surface area (Å²) < 4.78 is 22.3. The minimum atomic E-state index is -3.13. The van der Waals surface area contributed by atoms with Crippen LogP contribution in [0, 0.1) is 0 Å². The number of hydrogen-bond acceptors (Lipinski definition) is 3. The summed E-state index contributed by atoms with van der Waals surface area (Å²) in [4.78, 5) is 0. The second-order valence-electron chi connectivity index (χ2n) is 3.65. The van der Waals surface area contributed by atoms with Crippen LogP contribution in [0.4, 0.5) is 0 Å². The lowest BCUT2D eigenvalue weighted by molar-refractivity contribution is 0.206. The van der Waals surface area contributed by atoms with Crippen LogP contribution in [-0.4, -0.2) is 31.1 Å². The first-order chi connectivity index (χ1) is 5.93. The van der Waals surface area contributed by atoms with E-state index in [1.54, 1.807) is 6.92 Å². The van der Waals surface area contributed by atoms with Crippen molar-refractivity contribution in [2.24, 2.45) is 0 Å². The van der Waals surface area contributed by atoms with Crippen LogP contribution in [0.5, 0.6) is 0 Å². The molecule has 0 radical (unpaired) electrons. The van der Waals surface area contributed by atoms with Gasteiger partial charge in [0.15, 0.2) is 9.84 Å². The highest BCUT2D eigenvalue weighted by atomic mass is 32.2. The van der Waals surface area contributed by atoms with Crippen molar-refractivity contribution in [2.75, 3.05) is 6.26 Å².